The number of aliphatic carboxylic acids is 1. The van der Waals surface area contributed by atoms with E-state index < -0.39 is 17.3 Å². The number of likely N-dealkylation sites (tertiary alicyclic amines) is 1. The fourth-order valence-electron chi connectivity index (χ4n) is 3.09. The highest BCUT2D eigenvalue weighted by Gasteiger charge is 2.39. The van der Waals surface area contributed by atoms with Gasteiger partial charge in [0.2, 0.25) is 5.91 Å². The first kappa shape index (κ1) is 16.8. The van der Waals surface area contributed by atoms with Gasteiger partial charge in [-0.05, 0) is 43.9 Å². The zero-order valence-corrected chi connectivity index (χ0v) is 13.9. The summed E-state index contributed by atoms with van der Waals surface area (Å²) in [7, 11) is 0. The van der Waals surface area contributed by atoms with Gasteiger partial charge in [-0.1, -0.05) is 30.7 Å². The predicted octanol–water partition coefficient (Wildman–Crippen LogP) is 3.19. The molecule has 0 radical (unpaired) electrons. The zero-order chi connectivity index (χ0) is 16.5. The van der Waals surface area contributed by atoms with Crippen molar-refractivity contribution >= 4 is 23.5 Å². The summed E-state index contributed by atoms with van der Waals surface area (Å²) >= 11 is 6.03. The Hall–Kier alpha value is -1.55. The lowest BCUT2D eigenvalue weighted by molar-refractivity contribution is -0.148. The summed E-state index contributed by atoms with van der Waals surface area (Å²) in [5, 5.41) is 9.85. The molecule has 1 N–H and O–H groups in total. The third-order valence-corrected chi connectivity index (χ3v) is 4.61. The Bertz CT molecular complexity index is 585. The van der Waals surface area contributed by atoms with Crippen LogP contribution in [0.2, 0.25) is 5.02 Å². The summed E-state index contributed by atoms with van der Waals surface area (Å²) in [6.07, 6.45) is 0.622. The fourth-order valence-corrected chi connectivity index (χ4v) is 3.28. The molecule has 0 spiro atoms. The summed E-state index contributed by atoms with van der Waals surface area (Å²) in [5.41, 5.74) is 0.112. The Morgan fingerprint density at radius 3 is 2.59 bits per heavy atom. The Balaban J connectivity index is 2.23. The number of piperidine rings is 1. The molecule has 0 saturated carbocycles. The number of halogens is 1. The van der Waals surface area contributed by atoms with Gasteiger partial charge in [-0.2, -0.15) is 0 Å². The van der Waals surface area contributed by atoms with Crippen LogP contribution in [0.3, 0.4) is 0 Å². The molecule has 22 heavy (non-hydrogen) atoms. The van der Waals surface area contributed by atoms with Gasteiger partial charge >= 0.3 is 5.97 Å². The SMILES string of the molecule is CC1CC(C(=O)O)CN(C(=O)C(C)(C)c2cccc(Cl)c2)C1. The van der Waals surface area contributed by atoms with Crippen LogP contribution >= 0.6 is 11.6 Å². The monoisotopic (exact) mass is 323 g/mol. The maximum absolute atomic E-state index is 12.9. The number of benzene rings is 1. The third-order valence-electron chi connectivity index (χ3n) is 4.38. The second kappa shape index (κ2) is 6.29. The number of nitrogens with zero attached hydrogens (tertiary/aromatic N) is 1. The molecule has 2 unspecified atom stereocenters. The van der Waals surface area contributed by atoms with E-state index in [0.29, 0.717) is 18.0 Å². The van der Waals surface area contributed by atoms with E-state index in [2.05, 4.69) is 0 Å². The molecule has 1 amide bonds. The molecule has 1 aromatic carbocycles. The lowest BCUT2D eigenvalue weighted by Crippen LogP contribution is -2.51. The number of hydrogen-bond donors (Lipinski definition) is 1. The van der Waals surface area contributed by atoms with Crippen LogP contribution in [0.1, 0.15) is 32.8 Å². The van der Waals surface area contributed by atoms with Gasteiger partial charge in [0.1, 0.15) is 0 Å². The number of carboxylic acids is 1. The summed E-state index contributed by atoms with van der Waals surface area (Å²) in [6.45, 7) is 6.59. The van der Waals surface area contributed by atoms with E-state index in [9.17, 15) is 14.7 Å². The van der Waals surface area contributed by atoms with E-state index in [1.54, 1.807) is 17.0 Å². The van der Waals surface area contributed by atoms with Crippen molar-refractivity contribution in [3.05, 3.63) is 34.9 Å². The second-order valence-electron chi connectivity index (χ2n) is 6.72. The van der Waals surface area contributed by atoms with Gasteiger partial charge in [0, 0.05) is 18.1 Å². The quantitative estimate of drug-likeness (QED) is 0.929. The van der Waals surface area contributed by atoms with Crippen LogP contribution in [0.4, 0.5) is 0 Å². The van der Waals surface area contributed by atoms with Gasteiger partial charge in [0.25, 0.3) is 0 Å². The van der Waals surface area contributed by atoms with Crippen LogP contribution in [0.5, 0.6) is 0 Å². The maximum atomic E-state index is 12.9. The lowest BCUT2D eigenvalue weighted by atomic mass is 9.81. The summed E-state index contributed by atoms with van der Waals surface area (Å²) in [6, 6.07) is 7.27. The highest BCUT2D eigenvalue weighted by molar-refractivity contribution is 6.30. The van der Waals surface area contributed by atoms with Crippen LogP contribution in [0.15, 0.2) is 24.3 Å². The Morgan fingerprint density at radius 2 is 2.00 bits per heavy atom. The van der Waals surface area contributed by atoms with Gasteiger partial charge in [0.15, 0.2) is 0 Å². The molecule has 2 atom stereocenters. The van der Waals surface area contributed by atoms with Gasteiger partial charge < -0.3 is 10.0 Å². The molecule has 1 fully saturated rings. The summed E-state index contributed by atoms with van der Waals surface area (Å²) < 4.78 is 0. The minimum absolute atomic E-state index is 0.0485. The molecule has 120 valence electrons. The lowest BCUT2D eigenvalue weighted by Gasteiger charge is -2.39. The van der Waals surface area contributed by atoms with Crippen LogP contribution in [-0.4, -0.2) is 35.0 Å². The Morgan fingerprint density at radius 1 is 1.32 bits per heavy atom. The maximum Gasteiger partial charge on any atom is 0.308 e. The van der Waals surface area contributed by atoms with E-state index in [-0.39, 0.29) is 18.4 Å². The third kappa shape index (κ3) is 3.43. The molecule has 2 rings (SSSR count). The first-order valence-electron chi connectivity index (χ1n) is 7.50. The highest BCUT2D eigenvalue weighted by Crippen LogP contribution is 2.31. The smallest absolute Gasteiger partial charge is 0.308 e. The van der Waals surface area contributed by atoms with Crippen LogP contribution in [0, 0.1) is 11.8 Å². The Kier molecular flexibility index (Phi) is 4.81. The highest BCUT2D eigenvalue weighted by atomic mass is 35.5. The molecule has 1 saturated heterocycles. The van der Waals surface area contributed by atoms with Crippen LogP contribution in [0.25, 0.3) is 0 Å². The molecule has 5 heteroatoms. The zero-order valence-electron chi connectivity index (χ0n) is 13.2. The van der Waals surface area contributed by atoms with Crippen molar-refractivity contribution in [2.75, 3.05) is 13.1 Å². The van der Waals surface area contributed by atoms with Crippen molar-refractivity contribution in [1.29, 1.82) is 0 Å². The van der Waals surface area contributed by atoms with Gasteiger partial charge in [-0.15, -0.1) is 0 Å². The molecular formula is C17H22ClNO3. The largest absolute Gasteiger partial charge is 0.481 e. The number of hydrogen-bond acceptors (Lipinski definition) is 2. The van der Waals surface area contributed by atoms with Crippen molar-refractivity contribution in [2.45, 2.75) is 32.6 Å². The predicted molar refractivity (Wildman–Crippen MR) is 86.0 cm³/mol. The van der Waals surface area contributed by atoms with Gasteiger partial charge in [-0.25, -0.2) is 0 Å². The molecule has 0 aromatic heterocycles. The summed E-state index contributed by atoms with van der Waals surface area (Å²) in [5.74, 6) is -1.17. The van der Waals surface area contributed by atoms with E-state index in [1.165, 1.54) is 0 Å². The number of carbonyl (C=O) groups excluding carboxylic acids is 1. The molecule has 0 bridgehead atoms. The molecule has 1 aromatic rings. The van der Waals surface area contributed by atoms with Crippen molar-refractivity contribution in [2.24, 2.45) is 11.8 Å². The number of amides is 1. The minimum Gasteiger partial charge on any atom is -0.481 e. The average Bonchev–Trinajstić information content (AvgIpc) is 2.45. The van der Waals surface area contributed by atoms with E-state index in [0.717, 1.165) is 5.56 Å². The topological polar surface area (TPSA) is 57.6 Å². The number of rotatable bonds is 3. The molecule has 4 nitrogen and oxygen atoms in total. The minimum atomic E-state index is -0.829. The molecule has 1 heterocycles. The molecule has 0 aliphatic carbocycles. The van der Waals surface area contributed by atoms with Crippen molar-refractivity contribution in [3.63, 3.8) is 0 Å². The van der Waals surface area contributed by atoms with Crippen LogP contribution < -0.4 is 0 Å². The molecular weight excluding hydrogens is 302 g/mol. The second-order valence-corrected chi connectivity index (χ2v) is 7.16. The average molecular weight is 324 g/mol. The number of carboxylic acid groups (broad SMARTS) is 1. The van der Waals surface area contributed by atoms with Crippen molar-refractivity contribution < 1.29 is 14.7 Å². The first-order chi connectivity index (χ1) is 10.2. The standard InChI is InChI=1S/C17H22ClNO3/c1-11-7-12(15(20)21)10-19(9-11)16(22)17(2,3)13-5-4-6-14(18)8-13/h4-6,8,11-12H,7,9-10H2,1-3H3,(H,20,21). The first-order valence-corrected chi connectivity index (χ1v) is 7.88. The van der Waals surface area contributed by atoms with Crippen molar-refractivity contribution in [3.8, 4) is 0 Å². The van der Waals surface area contributed by atoms with E-state index in [4.69, 9.17) is 11.6 Å². The van der Waals surface area contributed by atoms with Gasteiger partial charge in [0.05, 0.1) is 11.3 Å². The van der Waals surface area contributed by atoms with Crippen LogP contribution in [-0.2, 0) is 15.0 Å². The van der Waals surface area contributed by atoms with Crippen molar-refractivity contribution in [1.82, 2.24) is 4.90 Å². The summed E-state index contributed by atoms with van der Waals surface area (Å²) in [4.78, 5) is 25.9. The molecule has 1 aliphatic rings. The molecule has 1 aliphatic heterocycles. The Labute approximate surface area is 136 Å². The fraction of sp³-hybridized carbons (Fsp3) is 0.529. The van der Waals surface area contributed by atoms with Gasteiger partial charge in [-0.3, -0.25) is 9.59 Å². The normalized spacial score (nSPS) is 22.5. The van der Waals surface area contributed by atoms with E-state index in [1.807, 2.05) is 32.9 Å². The number of carbonyl (C=O) groups is 2. The van der Waals surface area contributed by atoms with E-state index >= 15 is 0 Å².